The lowest BCUT2D eigenvalue weighted by Crippen LogP contribution is -2.45. The van der Waals surface area contributed by atoms with Crippen LogP contribution < -0.4 is 10.3 Å². The fraction of sp³-hybridized carbons (Fsp3) is 0.304. The number of fused-ring (bicyclic) bond motifs is 5. The summed E-state index contributed by atoms with van der Waals surface area (Å²) in [5.41, 5.74) is 0.221. The van der Waals surface area contributed by atoms with Crippen molar-refractivity contribution in [3.63, 3.8) is 0 Å². The van der Waals surface area contributed by atoms with Crippen LogP contribution >= 0.6 is 11.3 Å². The molecule has 10 nitrogen and oxygen atoms in total. The molecule has 0 aliphatic carbocycles. The zero-order valence-electron chi connectivity index (χ0n) is 17.9. The van der Waals surface area contributed by atoms with Gasteiger partial charge in [0.15, 0.2) is 5.79 Å². The van der Waals surface area contributed by atoms with E-state index in [1.807, 2.05) is 29.2 Å². The number of thiazole rings is 1. The van der Waals surface area contributed by atoms with Crippen molar-refractivity contribution in [2.75, 3.05) is 31.2 Å². The number of piperidine rings is 1. The Morgan fingerprint density at radius 3 is 2.50 bits per heavy atom. The first-order valence-corrected chi connectivity index (χ1v) is 11.6. The second-order valence-electron chi connectivity index (χ2n) is 8.43. The van der Waals surface area contributed by atoms with Gasteiger partial charge in [0.05, 0.1) is 39.3 Å². The van der Waals surface area contributed by atoms with E-state index in [-0.39, 0.29) is 16.6 Å². The summed E-state index contributed by atoms with van der Waals surface area (Å²) >= 11 is 1.21. The highest BCUT2D eigenvalue weighted by Gasteiger charge is 2.41. The van der Waals surface area contributed by atoms with Crippen LogP contribution in [-0.4, -0.2) is 52.5 Å². The maximum Gasteiger partial charge on any atom is 0.342 e. The van der Waals surface area contributed by atoms with Crippen LogP contribution in [0.1, 0.15) is 23.2 Å². The summed E-state index contributed by atoms with van der Waals surface area (Å²) in [4.78, 5) is 39.0. The highest BCUT2D eigenvalue weighted by molar-refractivity contribution is 7.24. The van der Waals surface area contributed by atoms with Gasteiger partial charge in [0.2, 0.25) is 5.43 Å². The Morgan fingerprint density at radius 2 is 1.82 bits per heavy atom. The molecule has 0 saturated carbocycles. The monoisotopic (exact) mass is 481 g/mol. The Balaban J connectivity index is 1.62. The first-order chi connectivity index (χ1) is 16.4. The number of para-hydroxylation sites is 1. The van der Waals surface area contributed by atoms with Gasteiger partial charge in [0, 0.05) is 32.0 Å². The van der Waals surface area contributed by atoms with Gasteiger partial charge in [-0.15, -0.1) is 11.3 Å². The Kier molecular flexibility index (Phi) is 4.63. The van der Waals surface area contributed by atoms with E-state index >= 15 is 0 Å². The van der Waals surface area contributed by atoms with Crippen LogP contribution in [0.25, 0.3) is 25.9 Å². The van der Waals surface area contributed by atoms with Crippen molar-refractivity contribution in [3.05, 3.63) is 62.3 Å². The minimum atomic E-state index is -1.36. The standard InChI is InChI=1S/C23H19N3O7S/c27-20-13-11-17(26(30)31)16(24-7-5-23(6-8-24)32-9-10-33-23)12-15(13)25-14-3-1-2-4-18(14)34-21(25)19(20)22(28)29/h1-4,11-12H,5-10H2,(H,28,29). The van der Waals surface area contributed by atoms with Gasteiger partial charge in [0.25, 0.3) is 5.69 Å². The maximum atomic E-state index is 13.2. The van der Waals surface area contributed by atoms with Crippen molar-refractivity contribution in [2.45, 2.75) is 18.6 Å². The smallest absolute Gasteiger partial charge is 0.342 e. The van der Waals surface area contributed by atoms with E-state index in [2.05, 4.69) is 0 Å². The highest BCUT2D eigenvalue weighted by Crippen LogP contribution is 2.39. The van der Waals surface area contributed by atoms with Crippen LogP contribution in [0.3, 0.4) is 0 Å². The van der Waals surface area contributed by atoms with Gasteiger partial charge in [-0.1, -0.05) is 12.1 Å². The number of hydrogen-bond donors (Lipinski definition) is 1. The third kappa shape index (κ3) is 3.01. The Labute approximate surface area is 195 Å². The van der Waals surface area contributed by atoms with Gasteiger partial charge in [-0.2, -0.15) is 0 Å². The molecule has 174 valence electrons. The van der Waals surface area contributed by atoms with Crippen LogP contribution in [-0.2, 0) is 9.47 Å². The van der Waals surface area contributed by atoms with E-state index < -0.39 is 22.1 Å². The number of aromatic carboxylic acids is 1. The van der Waals surface area contributed by atoms with Gasteiger partial charge in [0.1, 0.15) is 16.1 Å². The SMILES string of the molecule is O=C(O)c1c(=O)c2cc([N+](=O)[O-])c(N3CCC4(CC3)OCCO4)cc2n2c1sc1ccccc12. The minimum absolute atomic E-state index is 0.00448. The number of hydrogen-bond acceptors (Lipinski definition) is 8. The first-order valence-electron chi connectivity index (χ1n) is 10.8. The molecular weight excluding hydrogens is 462 g/mol. The zero-order chi connectivity index (χ0) is 23.6. The molecule has 0 radical (unpaired) electrons. The largest absolute Gasteiger partial charge is 0.477 e. The molecule has 2 aromatic carbocycles. The average molecular weight is 481 g/mol. The van der Waals surface area contributed by atoms with Gasteiger partial charge >= 0.3 is 5.97 Å². The molecule has 1 spiro atoms. The number of anilines is 1. The lowest BCUT2D eigenvalue weighted by Gasteiger charge is -2.38. The van der Waals surface area contributed by atoms with Crippen molar-refractivity contribution < 1.29 is 24.3 Å². The predicted octanol–water partition coefficient (Wildman–Crippen LogP) is 3.62. The van der Waals surface area contributed by atoms with E-state index in [1.54, 1.807) is 10.5 Å². The van der Waals surface area contributed by atoms with Gasteiger partial charge in [-0.05, 0) is 18.2 Å². The number of aromatic nitrogens is 1. The summed E-state index contributed by atoms with van der Waals surface area (Å²) in [6.45, 7) is 2.05. The molecule has 1 N–H and O–H groups in total. The molecule has 2 aromatic heterocycles. The second-order valence-corrected chi connectivity index (χ2v) is 9.46. The summed E-state index contributed by atoms with van der Waals surface area (Å²) in [5.74, 6) is -1.99. The molecule has 4 aromatic rings. The summed E-state index contributed by atoms with van der Waals surface area (Å²) < 4.78 is 14.1. The Bertz CT molecular complexity index is 1560. The topological polar surface area (TPSA) is 124 Å². The average Bonchev–Trinajstić information content (AvgIpc) is 3.43. The van der Waals surface area contributed by atoms with Crippen molar-refractivity contribution in [2.24, 2.45) is 0 Å². The fourth-order valence-corrected chi connectivity index (χ4v) is 6.20. The number of pyridine rings is 1. The predicted molar refractivity (Wildman–Crippen MR) is 126 cm³/mol. The van der Waals surface area contributed by atoms with E-state index in [0.717, 1.165) is 10.2 Å². The molecule has 4 heterocycles. The number of carbonyl (C=O) groups is 1. The first kappa shape index (κ1) is 21.0. The highest BCUT2D eigenvalue weighted by atomic mass is 32.1. The molecule has 0 atom stereocenters. The van der Waals surface area contributed by atoms with Crippen LogP contribution in [0.2, 0.25) is 0 Å². The number of nitrogens with zero attached hydrogens (tertiary/aromatic N) is 3. The number of nitro groups is 1. The summed E-state index contributed by atoms with van der Waals surface area (Å²) in [6, 6.07) is 10.2. The molecule has 34 heavy (non-hydrogen) atoms. The van der Waals surface area contributed by atoms with E-state index in [9.17, 15) is 24.8 Å². The summed E-state index contributed by atoms with van der Waals surface area (Å²) in [7, 11) is 0. The lowest BCUT2D eigenvalue weighted by molar-refractivity contribution is -0.384. The van der Waals surface area contributed by atoms with Crippen LogP contribution in [0.5, 0.6) is 0 Å². The number of benzene rings is 2. The van der Waals surface area contributed by atoms with Crippen LogP contribution in [0.15, 0.2) is 41.2 Å². The number of carboxylic acid groups (broad SMARTS) is 1. The zero-order valence-corrected chi connectivity index (χ0v) is 18.7. The number of carboxylic acids is 1. The third-order valence-electron chi connectivity index (χ3n) is 6.63. The number of rotatable bonds is 3. The van der Waals surface area contributed by atoms with Gasteiger partial charge in [-0.3, -0.25) is 19.3 Å². The molecular formula is C23H19N3O7S. The normalized spacial score (nSPS) is 17.8. The quantitative estimate of drug-likeness (QED) is 0.348. The maximum absolute atomic E-state index is 13.2. The molecule has 0 unspecified atom stereocenters. The molecule has 6 rings (SSSR count). The minimum Gasteiger partial charge on any atom is -0.477 e. The van der Waals surface area contributed by atoms with Crippen molar-refractivity contribution in [1.29, 1.82) is 0 Å². The summed E-state index contributed by atoms with van der Waals surface area (Å²) in [6.07, 6.45) is 1.13. The molecule has 0 bridgehead atoms. The third-order valence-corrected chi connectivity index (χ3v) is 7.77. The number of ether oxygens (including phenoxy) is 2. The lowest BCUT2D eigenvalue weighted by atomic mass is 10.0. The van der Waals surface area contributed by atoms with Crippen LogP contribution in [0.4, 0.5) is 11.4 Å². The van der Waals surface area contributed by atoms with Crippen LogP contribution in [0, 0.1) is 10.1 Å². The second kappa shape index (κ2) is 7.49. The van der Waals surface area contributed by atoms with E-state index in [1.165, 1.54) is 17.4 Å². The van der Waals surface area contributed by atoms with Gasteiger partial charge in [-0.25, -0.2) is 4.79 Å². The molecule has 2 fully saturated rings. The summed E-state index contributed by atoms with van der Waals surface area (Å²) in [5, 5.41) is 21.8. The molecule has 11 heteroatoms. The van der Waals surface area contributed by atoms with Crippen molar-refractivity contribution >= 4 is 54.6 Å². The molecule has 0 amide bonds. The van der Waals surface area contributed by atoms with E-state index in [0.29, 0.717) is 55.2 Å². The van der Waals surface area contributed by atoms with Crippen molar-refractivity contribution in [1.82, 2.24) is 4.40 Å². The van der Waals surface area contributed by atoms with Crippen molar-refractivity contribution in [3.8, 4) is 0 Å². The molecule has 2 aliphatic rings. The Hall–Kier alpha value is -3.54. The van der Waals surface area contributed by atoms with E-state index in [4.69, 9.17) is 9.47 Å². The van der Waals surface area contributed by atoms with Gasteiger partial charge < -0.3 is 19.5 Å². The Morgan fingerprint density at radius 1 is 1.12 bits per heavy atom. The fourth-order valence-electron chi connectivity index (χ4n) is 5.02. The molecule has 2 saturated heterocycles. The molecule has 2 aliphatic heterocycles. The number of nitro benzene ring substituents is 1.